The number of hydrogen-bond donors (Lipinski definition) is 2. The zero-order valence-electron chi connectivity index (χ0n) is 14.2. The topological polar surface area (TPSA) is 62.7 Å². The molecule has 0 radical (unpaired) electrons. The van der Waals surface area contributed by atoms with Crippen LogP contribution in [0.2, 0.25) is 0 Å². The van der Waals surface area contributed by atoms with Crippen molar-refractivity contribution in [1.82, 2.24) is 15.0 Å². The Bertz CT molecular complexity index is 810. The van der Waals surface area contributed by atoms with Crippen LogP contribution in [-0.4, -0.2) is 21.5 Å². The van der Waals surface area contributed by atoms with Crippen LogP contribution in [0, 0.1) is 13.8 Å². The van der Waals surface area contributed by atoms with E-state index in [0.29, 0.717) is 5.95 Å². The molecule has 2 aromatic heterocycles. The van der Waals surface area contributed by atoms with Crippen molar-refractivity contribution in [3.63, 3.8) is 0 Å². The molecule has 0 aliphatic heterocycles. The minimum absolute atomic E-state index is 0.603. The highest BCUT2D eigenvalue weighted by Gasteiger charge is 2.07. The third-order valence-electron chi connectivity index (χ3n) is 3.51. The number of anilines is 3. The van der Waals surface area contributed by atoms with Gasteiger partial charge >= 0.3 is 0 Å². The third-order valence-corrected chi connectivity index (χ3v) is 3.51. The van der Waals surface area contributed by atoms with Gasteiger partial charge in [-0.1, -0.05) is 6.07 Å². The summed E-state index contributed by atoms with van der Waals surface area (Å²) in [5.74, 6) is 1.36. The second-order valence-corrected chi connectivity index (χ2v) is 5.74. The predicted molar refractivity (Wildman–Crippen MR) is 98.6 cm³/mol. The summed E-state index contributed by atoms with van der Waals surface area (Å²) in [6, 6.07) is 12.2. The number of nitrogens with one attached hydrogen (secondary N) is 2. The maximum Gasteiger partial charge on any atom is 0.225 e. The highest BCUT2D eigenvalue weighted by atomic mass is 15.1. The summed E-state index contributed by atoms with van der Waals surface area (Å²) < 4.78 is 0. The summed E-state index contributed by atoms with van der Waals surface area (Å²) in [7, 11) is 0. The SMILES string of the molecule is CCNc1nc(Nc2cc(C)cc(C)c2)cc(-c2cccnc2)n1. The average Bonchev–Trinajstić information content (AvgIpc) is 2.55. The average molecular weight is 319 g/mol. The Labute approximate surface area is 142 Å². The van der Waals surface area contributed by atoms with Crippen LogP contribution in [-0.2, 0) is 0 Å². The van der Waals surface area contributed by atoms with Crippen molar-refractivity contribution in [2.24, 2.45) is 0 Å². The van der Waals surface area contributed by atoms with Gasteiger partial charge in [-0.05, 0) is 56.2 Å². The summed E-state index contributed by atoms with van der Waals surface area (Å²) >= 11 is 0. The maximum atomic E-state index is 4.57. The van der Waals surface area contributed by atoms with Crippen molar-refractivity contribution >= 4 is 17.5 Å². The van der Waals surface area contributed by atoms with Crippen molar-refractivity contribution in [1.29, 1.82) is 0 Å². The molecule has 3 aromatic rings. The first-order valence-electron chi connectivity index (χ1n) is 8.02. The molecule has 0 amide bonds. The molecule has 5 nitrogen and oxygen atoms in total. The van der Waals surface area contributed by atoms with E-state index < -0.39 is 0 Å². The van der Waals surface area contributed by atoms with Crippen LogP contribution in [0.15, 0.2) is 48.8 Å². The van der Waals surface area contributed by atoms with Gasteiger partial charge in [0.15, 0.2) is 0 Å². The summed E-state index contributed by atoms with van der Waals surface area (Å²) in [5.41, 5.74) is 5.24. The fraction of sp³-hybridized carbons (Fsp3) is 0.211. The van der Waals surface area contributed by atoms with E-state index in [1.54, 1.807) is 12.4 Å². The first kappa shape index (κ1) is 15.9. The Hall–Kier alpha value is -2.95. The highest BCUT2D eigenvalue weighted by Crippen LogP contribution is 2.24. The van der Waals surface area contributed by atoms with E-state index in [1.165, 1.54) is 11.1 Å². The third kappa shape index (κ3) is 3.87. The Kier molecular flexibility index (Phi) is 4.70. The van der Waals surface area contributed by atoms with E-state index in [9.17, 15) is 0 Å². The number of hydrogen-bond acceptors (Lipinski definition) is 5. The van der Waals surface area contributed by atoms with Crippen molar-refractivity contribution in [2.75, 3.05) is 17.2 Å². The molecular weight excluding hydrogens is 298 g/mol. The molecule has 2 N–H and O–H groups in total. The van der Waals surface area contributed by atoms with Crippen LogP contribution in [0.3, 0.4) is 0 Å². The van der Waals surface area contributed by atoms with E-state index >= 15 is 0 Å². The molecule has 0 atom stereocenters. The van der Waals surface area contributed by atoms with Crippen LogP contribution in [0.5, 0.6) is 0 Å². The van der Waals surface area contributed by atoms with Gasteiger partial charge in [-0.2, -0.15) is 4.98 Å². The van der Waals surface area contributed by atoms with Gasteiger partial charge in [0.1, 0.15) is 5.82 Å². The van der Waals surface area contributed by atoms with Crippen LogP contribution < -0.4 is 10.6 Å². The lowest BCUT2D eigenvalue weighted by Gasteiger charge is -2.11. The molecule has 3 rings (SSSR count). The van der Waals surface area contributed by atoms with E-state index in [4.69, 9.17) is 0 Å². The van der Waals surface area contributed by atoms with Crippen LogP contribution in [0.1, 0.15) is 18.1 Å². The molecule has 24 heavy (non-hydrogen) atoms. The molecule has 0 bridgehead atoms. The minimum atomic E-state index is 0.603. The van der Waals surface area contributed by atoms with Crippen LogP contribution in [0.25, 0.3) is 11.3 Å². The summed E-state index contributed by atoms with van der Waals surface area (Å²) in [6.07, 6.45) is 3.56. The minimum Gasteiger partial charge on any atom is -0.354 e. The Morgan fingerprint density at radius 2 is 1.79 bits per heavy atom. The molecule has 0 unspecified atom stereocenters. The molecule has 122 valence electrons. The largest absolute Gasteiger partial charge is 0.354 e. The first-order valence-corrected chi connectivity index (χ1v) is 8.02. The fourth-order valence-electron chi connectivity index (χ4n) is 2.61. The number of benzene rings is 1. The molecule has 2 heterocycles. The lowest BCUT2D eigenvalue weighted by molar-refractivity contribution is 1.09. The summed E-state index contributed by atoms with van der Waals surface area (Å²) in [5, 5.41) is 6.57. The zero-order chi connectivity index (χ0) is 16.9. The normalized spacial score (nSPS) is 10.5. The number of pyridine rings is 1. The number of aromatic nitrogens is 3. The van der Waals surface area contributed by atoms with E-state index in [1.807, 2.05) is 25.1 Å². The molecule has 0 aliphatic rings. The smallest absolute Gasteiger partial charge is 0.225 e. The molecule has 0 fully saturated rings. The Balaban J connectivity index is 1.98. The van der Waals surface area contributed by atoms with Gasteiger partial charge in [0.2, 0.25) is 5.95 Å². The van der Waals surface area contributed by atoms with E-state index in [-0.39, 0.29) is 0 Å². The van der Waals surface area contributed by atoms with Gasteiger partial charge in [-0.3, -0.25) is 4.98 Å². The monoisotopic (exact) mass is 319 g/mol. The molecule has 5 heteroatoms. The van der Waals surface area contributed by atoms with Gasteiger partial charge in [0, 0.05) is 36.3 Å². The number of nitrogens with zero attached hydrogens (tertiary/aromatic N) is 3. The lowest BCUT2D eigenvalue weighted by atomic mass is 10.1. The quantitative estimate of drug-likeness (QED) is 0.733. The van der Waals surface area contributed by atoms with Crippen molar-refractivity contribution in [3.8, 4) is 11.3 Å². The molecular formula is C19H21N5. The molecule has 0 saturated carbocycles. The van der Waals surface area contributed by atoms with Gasteiger partial charge in [-0.15, -0.1) is 0 Å². The van der Waals surface area contributed by atoms with Gasteiger partial charge < -0.3 is 10.6 Å². The fourth-order valence-corrected chi connectivity index (χ4v) is 2.61. The van der Waals surface area contributed by atoms with Gasteiger partial charge in [0.05, 0.1) is 5.69 Å². The Morgan fingerprint density at radius 3 is 2.46 bits per heavy atom. The lowest BCUT2D eigenvalue weighted by Crippen LogP contribution is -2.05. The van der Waals surface area contributed by atoms with E-state index in [2.05, 4.69) is 57.6 Å². The number of aryl methyl sites for hydroxylation is 2. The van der Waals surface area contributed by atoms with Gasteiger partial charge in [-0.25, -0.2) is 4.98 Å². The second kappa shape index (κ2) is 7.08. The van der Waals surface area contributed by atoms with Crippen molar-refractivity contribution < 1.29 is 0 Å². The summed E-state index contributed by atoms with van der Waals surface area (Å²) in [6.45, 7) is 6.96. The molecule has 0 spiro atoms. The number of rotatable bonds is 5. The molecule has 0 aliphatic carbocycles. The van der Waals surface area contributed by atoms with Crippen LogP contribution in [0.4, 0.5) is 17.5 Å². The zero-order valence-corrected chi connectivity index (χ0v) is 14.2. The molecule has 1 aromatic carbocycles. The van der Waals surface area contributed by atoms with Crippen molar-refractivity contribution in [3.05, 3.63) is 59.9 Å². The van der Waals surface area contributed by atoms with E-state index in [0.717, 1.165) is 29.3 Å². The summed E-state index contributed by atoms with van der Waals surface area (Å²) in [4.78, 5) is 13.3. The second-order valence-electron chi connectivity index (χ2n) is 5.74. The highest BCUT2D eigenvalue weighted by molar-refractivity contribution is 5.67. The Morgan fingerprint density at radius 1 is 1.00 bits per heavy atom. The maximum absolute atomic E-state index is 4.57. The van der Waals surface area contributed by atoms with Gasteiger partial charge in [0.25, 0.3) is 0 Å². The predicted octanol–water partition coefficient (Wildman–Crippen LogP) is 4.33. The standard InChI is InChI=1S/C19H21N5/c1-4-21-19-23-17(15-6-5-7-20-12-15)11-18(24-19)22-16-9-13(2)8-14(3)10-16/h5-12H,4H2,1-3H3,(H2,21,22,23,24). The van der Waals surface area contributed by atoms with Crippen molar-refractivity contribution in [2.45, 2.75) is 20.8 Å². The van der Waals surface area contributed by atoms with Crippen LogP contribution >= 0.6 is 0 Å². The first-order chi connectivity index (χ1) is 11.6. The molecule has 0 saturated heterocycles.